The Morgan fingerprint density at radius 1 is 1.42 bits per heavy atom. The van der Waals surface area contributed by atoms with E-state index in [4.69, 9.17) is 5.11 Å². The summed E-state index contributed by atoms with van der Waals surface area (Å²) in [5.41, 5.74) is 0.116. The van der Waals surface area contributed by atoms with Gasteiger partial charge in [0.25, 0.3) is 10.0 Å². The molecule has 0 unspecified atom stereocenters. The number of aliphatic hydroxyl groups excluding tert-OH is 1. The lowest BCUT2D eigenvalue weighted by Gasteiger charge is -2.09. The number of nitrogens with one attached hydrogen (secondary N) is 1. The van der Waals surface area contributed by atoms with Crippen LogP contribution in [0.25, 0.3) is 0 Å². The minimum Gasteiger partial charge on any atom is -0.392 e. The van der Waals surface area contributed by atoms with Gasteiger partial charge in [-0.15, -0.1) is 0 Å². The maximum atomic E-state index is 13.2. The molecule has 6 nitrogen and oxygen atoms in total. The number of hydrogen-bond acceptors (Lipinski definition) is 4. The maximum absolute atomic E-state index is 13.2. The van der Waals surface area contributed by atoms with E-state index in [1.807, 2.05) is 0 Å². The fourth-order valence-corrected chi connectivity index (χ4v) is 2.81. The van der Waals surface area contributed by atoms with Crippen LogP contribution in [-0.4, -0.2) is 23.3 Å². The minimum atomic E-state index is -3.99. The molecule has 0 aliphatic carbocycles. The van der Waals surface area contributed by atoms with Crippen molar-refractivity contribution in [1.29, 1.82) is 0 Å². The molecule has 0 aliphatic rings. The molecule has 0 spiro atoms. The van der Waals surface area contributed by atoms with Crippen LogP contribution in [0.5, 0.6) is 0 Å². The fraction of sp³-hybridized carbons (Fsp3) is 0.182. The molecule has 1 heterocycles. The van der Waals surface area contributed by atoms with Crippen LogP contribution in [0.1, 0.15) is 5.56 Å². The first-order chi connectivity index (χ1) is 8.92. The summed E-state index contributed by atoms with van der Waals surface area (Å²) < 4.78 is 41.0. The Hall–Kier alpha value is -1.93. The number of hydrogen-bond donors (Lipinski definition) is 2. The van der Waals surface area contributed by atoms with Gasteiger partial charge in [0.15, 0.2) is 5.82 Å². The predicted molar refractivity (Wildman–Crippen MR) is 66.3 cm³/mol. The number of halogens is 1. The molecule has 0 amide bonds. The number of aliphatic hydroxyl groups is 1. The quantitative estimate of drug-likeness (QED) is 0.872. The predicted octanol–water partition coefficient (Wildman–Crippen LogP) is 0.852. The third-order valence-electron chi connectivity index (χ3n) is 2.44. The van der Waals surface area contributed by atoms with E-state index in [2.05, 4.69) is 9.82 Å². The normalized spacial score (nSPS) is 11.5. The molecule has 0 aliphatic heterocycles. The number of aromatic nitrogens is 2. The lowest BCUT2D eigenvalue weighted by molar-refractivity contribution is 0.278. The number of nitrogens with zero attached hydrogens (tertiary/aromatic N) is 2. The largest absolute Gasteiger partial charge is 0.392 e. The third-order valence-corrected chi connectivity index (χ3v) is 3.88. The van der Waals surface area contributed by atoms with Gasteiger partial charge in [0.05, 0.1) is 11.5 Å². The van der Waals surface area contributed by atoms with Crippen molar-refractivity contribution in [2.45, 2.75) is 11.5 Å². The summed E-state index contributed by atoms with van der Waals surface area (Å²) in [6.45, 7) is -0.501. The van der Waals surface area contributed by atoms with Gasteiger partial charge in [0.1, 0.15) is 5.82 Å². The molecular weight excluding hydrogens is 273 g/mol. The Labute approximate surface area is 109 Å². The second kappa shape index (κ2) is 4.98. The SMILES string of the molecule is Cn1ccc(NS(=O)(=O)c2cc(F)ccc2CO)n1. The van der Waals surface area contributed by atoms with E-state index in [1.165, 1.54) is 16.8 Å². The fourth-order valence-electron chi connectivity index (χ4n) is 1.57. The molecule has 8 heteroatoms. The van der Waals surface area contributed by atoms with E-state index in [-0.39, 0.29) is 16.3 Å². The highest BCUT2D eigenvalue weighted by Crippen LogP contribution is 2.20. The summed E-state index contributed by atoms with van der Waals surface area (Å²) in [7, 11) is -2.35. The maximum Gasteiger partial charge on any atom is 0.263 e. The lowest BCUT2D eigenvalue weighted by atomic mass is 10.2. The summed E-state index contributed by atoms with van der Waals surface area (Å²) in [5.74, 6) is -0.575. The summed E-state index contributed by atoms with van der Waals surface area (Å²) >= 11 is 0. The first kappa shape index (κ1) is 13.5. The zero-order chi connectivity index (χ0) is 14.0. The van der Waals surface area contributed by atoms with Gasteiger partial charge in [-0.2, -0.15) is 5.10 Å². The topological polar surface area (TPSA) is 84.2 Å². The van der Waals surface area contributed by atoms with Crippen molar-refractivity contribution in [3.05, 3.63) is 41.8 Å². The van der Waals surface area contributed by atoms with Crippen molar-refractivity contribution in [3.63, 3.8) is 0 Å². The van der Waals surface area contributed by atoms with Crippen molar-refractivity contribution in [2.75, 3.05) is 4.72 Å². The van der Waals surface area contributed by atoms with Crippen molar-refractivity contribution < 1.29 is 17.9 Å². The van der Waals surface area contributed by atoms with E-state index < -0.39 is 22.4 Å². The van der Waals surface area contributed by atoms with Crippen LogP contribution in [0.4, 0.5) is 10.2 Å². The molecule has 0 radical (unpaired) electrons. The zero-order valence-electron chi connectivity index (χ0n) is 10.0. The average Bonchev–Trinajstić information content (AvgIpc) is 2.74. The monoisotopic (exact) mass is 285 g/mol. The average molecular weight is 285 g/mol. The summed E-state index contributed by atoms with van der Waals surface area (Å²) in [5, 5.41) is 13.0. The summed E-state index contributed by atoms with van der Waals surface area (Å²) in [4.78, 5) is -0.305. The van der Waals surface area contributed by atoms with Crippen LogP contribution in [0, 0.1) is 5.82 Å². The van der Waals surface area contributed by atoms with Crippen LogP contribution >= 0.6 is 0 Å². The molecule has 2 rings (SSSR count). The van der Waals surface area contributed by atoms with Crippen LogP contribution in [-0.2, 0) is 23.7 Å². The van der Waals surface area contributed by atoms with Crippen molar-refractivity contribution in [1.82, 2.24) is 9.78 Å². The Morgan fingerprint density at radius 3 is 2.74 bits per heavy atom. The minimum absolute atomic E-state index is 0.116. The number of aryl methyl sites for hydroxylation is 1. The van der Waals surface area contributed by atoms with Crippen LogP contribution < -0.4 is 4.72 Å². The number of benzene rings is 1. The van der Waals surface area contributed by atoms with Crippen molar-refractivity contribution in [2.24, 2.45) is 7.05 Å². The van der Waals surface area contributed by atoms with Gasteiger partial charge in [-0.25, -0.2) is 12.8 Å². The van der Waals surface area contributed by atoms with Crippen LogP contribution in [0.15, 0.2) is 35.4 Å². The lowest BCUT2D eigenvalue weighted by Crippen LogP contribution is -2.16. The van der Waals surface area contributed by atoms with Crippen LogP contribution in [0.3, 0.4) is 0 Å². The summed E-state index contributed by atoms with van der Waals surface area (Å²) in [6.07, 6.45) is 1.57. The smallest absolute Gasteiger partial charge is 0.263 e. The number of anilines is 1. The highest BCUT2D eigenvalue weighted by Gasteiger charge is 2.20. The Bertz CT molecular complexity index is 697. The zero-order valence-corrected chi connectivity index (χ0v) is 10.9. The van der Waals surface area contributed by atoms with E-state index >= 15 is 0 Å². The molecule has 1 aromatic carbocycles. The van der Waals surface area contributed by atoms with Crippen molar-refractivity contribution in [3.8, 4) is 0 Å². The molecule has 0 saturated carbocycles. The molecule has 0 fully saturated rings. The second-order valence-electron chi connectivity index (χ2n) is 3.89. The Balaban J connectivity index is 2.41. The van der Waals surface area contributed by atoms with Gasteiger partial charge in [0, 0.05) is 19.3 Å². The van der Waals surface area contributed by atoms with E-state index in [1.54, 1.807) is 13.2 Å². The Morgan fingerprint density at radius 2 is 2.16 bits per heavy atom. The molecule has 0 saturated heterocycles. The summed E-state index contributed by atoms with van der Waals surface area (Å²) in [6, 6.07) is 4.64. The van der Waals surface area contributed by atoms with Gasteiger partial charge in [-0.1, -0.05) is 6.07 Å². The molecule has 102 valence electrons. The molecule has 2 N–H and O–H groups in total. The van der Waals surface area contributed by atoms with Gasteiger partial charge < -0.3 is 5.11 Å². The van der Waals surface area contributed by atoms with Gasteiger partial charge >= 0.3 is 0 Å². The molecule has 2 aromatic rings. The molecule has 19 heavy (non-hydrogen) atoms. The molecule has 1 aromatic heterocycles. The second-order valence-corrected chi connectivity index (χ2v) is 5.54. The molecular formula is C11H12FN3O3S. The van der Waals surface area contributed by atoms with Gasteiger partial charge in [-0.05, 0) is 17.7 Å². The van der Waals surface area contributed by atoms with E-state index in [0.717, 1.165) is 12.1 Å². The first-order valence-corrected chi connectivity index (χ1v) is 6.82. The van der Waals surface area contributed by atoms with Crippen molar-refractivity contribution >= 4 is 15.8 Å². The van der Waals surface area contributed by atoms with Gasteiger partial charge in [-0.3, -0.25) is 9.40 Å². The number of rotatable bonds is 4. The standard InChI is InChI=1S/C11H12FN3O3S/c1-15-5-4-11(13-15)14-19(17,18)10-6-9(12)3-2-8(10)7-16/h2-6,16H,7H2,1H3,(H,13,14). The van der Waals surface area contributed by atoms with Gasteiger partial charge in [0.2, 0.25) is 0 Å². The first-order valence-electron chi connectivity index (χ1n) is 5.34. The number of sulfonamides is 1. The van der Waals surface area contributed by atoms with E-state index in [9.17, 15) is 12.8 Å². The Kier molecular flexibility index (Phi) is 3.54. The highest BCUT2D eigenvalue weighted by atomic mass is 32.2. The molecule has 0 bridgehead atoms. The highest BCUT2D eigenvalue weighted by molar-refractivity contribution is 7.92. The third kappa shape index (κ3) is 2.91. The van der Waals surface area contributed by atoms with E-state index in [0.29, 0.717) is 0 Å². The van der Waals surface area contributed by atoms with Crippen LogP contribution in [0.2, 0.25) is 0 Å². The molecule has 0 atom stereocenters.